The second kappa shape index (κ2) is 9.88. The van der Waals surface area contributed by atoms with Gasteiger partial charge < -0.3 is 5.32 Å². The number of nitrogens with zero attached hydrogens (tertiary/aromatic N) is 2. The zero-order valence-electron chi connectivity index (χ0n) is 19.4. The lowest BCUT2D eigenvalue weighted by molar-refractivity contribution is -0.117. The van der Waals surface area contributed by atoms with Crippen molar-refractivity contribution >= 4 is 32.5 Å². The number of carbonyl (C=O) groups is 1. The van der Waals surface area contributed by atoms with Crippen molar-refractivity contribution in [2.45, 2.75) is 17.4 Å². The minimum Gasteiger partial charge on any atom is -0.325 e. The molecule has 1 aromatic heterocycles. The molecule has 0 unspecified atom stereocenters. The number of anilines is 1. The van der Waals surface area contributed by atoms with E-state index >= 15 is 0 Å². The van der Waals surface area contributed by atoms with E-state index < -0.39 is 39.0 Å². The molecule has 4 rings (SSSR count). The van der Waals surface area contributed by atoms with Gasteiger partial charge in [-0.3, -0.25) is 18.7 Å². The van der Waals surface area contributed by atoms with Crippen molar-refractivity contribution < 1.29 is 17.6 Å². The SMILES string of the molecule is Cn1c(=O)c2cc(S(=O)(=O)N[C@H](Cc3ccccc3)C(=O)Nc3cccc(F)c3)ccc2n(C)c1=O. The maximum atomic E-state index is 13.6. The van der Waals surface area contributed by atoms with Crippen LogP contribution >= 0.6 is 0 Å². The van der Waals surface area contributed by atoms with Crippen LogP contribution in [0.2, 0.25) is 0 Å². The fraction of sp³-hybridized carbons (Fsp3) is 0.160. The molecule has 9 nitrogen and oxygen atoms in total. The molecule has 0 aliphatic rings. The van der Waals surface area contributed by atoms with E-state index in [-0.39, 0.29) is 27.9 Å². The number of nitrogens with one attached hydrogen (secondary N) is 2. The molecule has 2 N–H and O–H groups in total. The molecule has 1 atom stereocenters. The van der Waals surface area contributed by atoms with Crippen molar-refractivity contribution in [1.29, 1.82) is 0 Å². The van der Waals surface area contributed by atoms with E-state index in [9.17, 15) is 27.2 Å². The molecule has 3 aromatic carbocycles. The molecule has 0 bridgehead atoms. The van der Waals surface area contributed by atoms with Crippen LogP contribution < -0.4 is 21.3 Å². The summed E-state index contributed by atoms with van der Waals surface area (Å²) in [6.45, 7) is 0. The van der Waals surface area contributed by atoms with Gasteiger partial charge in [-0.05, 0) is 48.4 Å². The van der Waals surface area contributed by atoms with Gasteiger partial charge in [0.25, 0.3) is 5.56 Å². The van der Waals surface area contributed by atoms with E-state index in [1.54, 1.807) is 30.3 Å². The van der Waals surface area contributed by atoms with Crippen molar-refractivity contribution in [3.8, 4) is 0 Å². The number of benzene rings is 3. The van der Waals surface area contributed by atoms with Crippen LogP contribution in [0.15, 0.2) is 87.3 Å². The van der Waals surface area contributed by atoms with E-state index in [1.165, 1.54) is 55.1 Å². The van der Waals surface area contributed by atoms with Crippen molar-refractivity contribution in [2.75, 3.05) is 5.32 Å². The lowest BCUT2D eigenvalue weighted by Crippen LogP contribution is -2.45. The molecule has 0 saturated heterocycles. The van der Waals surface area contributed by atoms with Crippen LogP contribution in [0, 0.1) is 5.82 Å². The van der Waals surface area contributed by atoms with Gasteiger partial charge >= 0.3 is 5.69 Å². The average molecular weight is 511 g/mol. The zero-order valence-corrected chi connectivity index (χ0v) is 20.3. The number of hydrogen-bond donors (Lipinski definition) is 2. The molecule has 1 heterocycles. The highest BCUT2D eigenvalue weighted by atomic mass is 32.2. The molecule has 0 spiro atoms. The van der Waals surface area contributed by atoms with Gasteiger partial charge in [-0.25, -0.2) is 17.6 Å². The van der Waals surface area contributed by atoms with Gasteiger partial charge in [0.05, 0.1) is 15.8 Å². The third-order valence-corrected chi connectivity index (χ3v) is 7.21. The van der Waals surface area contributed by atoms with Gasteiger partial charge in [0, 0.05) is 19.8 Å². The Labute approximate surface area is 205 Å². The molecule has 186 valence electrons. The first kappa shape index (κ1) is 25.0. The maximum Gasteiger partial charge on any atom is 0.330 e. The average Bonchev–Trinajstić information content (AvgIpc) is 2.86. The number of carbonyl (C=O) groups excluding carboxylic acids is 1. The third kappa shape index (κ3) is 5.11. The van der Waals surface area contributed by atoms with E-state index in [0.29, 0.717) is 5.56 Å². The molecule has 0 aliphatic carbocycles. The summed E-state index contributed by atoms with van der Waals surface area (Å²) in [5, 5.41) is 2.57. The van der Waals surface area contributed by atoms with E-state index in [2.05, 4.69) is 10.0 Å². The highest BCUT2D eigenvalue weighted by molar-refractivity contribution is 7.89. The Hall–Kier alpha value is -4.09. The van der Waals surface area contributed by atoms with Gasteiger partial charge in [-0.2, -0.15) is 4.72 Å². The van der Waals surface area contributed by atoms with E-state index in [0.717, 1.165) is 10.6 Å². The molecule has 11 heteroatoms. The number of aromatic nitrogens is 2. The first-order valence-corrected chi connectivity index (χ1v) is 12.4. The minimum absolute atomic E-state index is 0.0189. The fourth-order valence-electron chi connectivity index (χ4n) is 3.83. The Morgan fingerprint density at radius 3 is 2.36 bits per heavy atom. The van der Waals surface area contributed by atoms with Crippen LogP contribution in [0.4, 0.5) is 10.1 Å². The summed E-state index contributed by atoms with van der Waals surface area (Å²) in [4.78, 5) is 37.6. The van der Waals surface area contributed by atoms with Gasteiger partial charge in [-0.1, -0.05) is 36.4 Å². The lowest BCUT2D eigenvalue weighted by Gasteiger charge is -2.19. The molecule has 4 aromatic rings. The van der Waals surface area contributed by atoms with E-state index in [4.69, 9.17) is 0 Å². The number of fused-ring (bicyclic) bond motifs is 1. The monoisotopic (exact) mass is 510 g/mol. The van der Waals surface area contributed by atoms with Crippen LogP contribution in [0.25, 0.3) is 10.9 Å². The van der Waals surface area contributed by atoms with Gasteiger partial charge in [0.15, 0.2) is 0 Å². The summed E-state index contributed by atoms with van der Waals surface area (Å²) >= 11 is 0. The van der Waals surface area contributed by atoms with Crippen LogP contribution in [-0.4, -0.2) is 29.5 Å². The Kier molecular flexibility index (Phi) is 6.86. The normalized spacial score (nSPS) is 12.4. The predicted octanol–water partition coefficient (Wildman–Crippen LogP) is 1.90. The van der Waals surface area contributed by atoms with Crippen molar-refractivity contribution in [2.24, 2.45) is 14.1 Å². The van der Waals surface area contributed by atoms with Crippen molar-refractivity contribution in [3.63, 3.8) is 0 Å². The Balaban J connectivity index is 1.71. The highest BCUT2D eigenvalue weighted by Gasteiger charge is 2.27. The van der Waals surface area contributed by atoms with Crippen LogP contribution in [0.1, 0.15) is 5.56 Å². The van der Waals surface area contributed by atoms with Crippen LogP contribution in [0.3, 0.4) is 0 Å². The number of halogens is 1. The number of hydrogen-bond acceptors (Lipinski definition) is 5. The molecular weight excluding hydrogens is 487 g/mol. The van der Waals surface area contributed by atoms with Crippen molar-refractivity contribution in [3.05, 3.63) is 105 Å². The summed E-state index contributed by atoms with van der Waals surface area (Å²) in [6.07, 6.45) is 0.0189. The topological polar surface area (TPSA) is 119 Å². The Morgan fingerprint density at radius 2 is 1.67 bits per heavy atom. The maximum absolute atomic E-state index is 13.6. The van der Waals surface area contributed by atoms with Gasteiger partial charge in [-0.15, -0.1) is 0 Å². The molecule has 36 heavy (non-hydrogen) atoms. The summed E-state index contributed by atoms with van der Waals surface area (Å²) < 4.78 is 44.7. The lowest BCUT2D eigenvalue weighted by atomic mass is 10.1. The molecule has 0 radical (unpaired) electrons. The third-order valence-electron chi connectivity index (χ3n) is 5.74. The van der Waals surface area contributed by atoms with Gasteiger partial charge in [0.2, 0.25) is 15.9 Å². The first-order valence-electron chi connectivity index (χ1n) is 10.9. The summed E-state index contributed by atoms with van der Waals surface area (Å²) in [5.74, 6) is -1.24. The first-order chi connectivity index (χ1) is 17.1. The number of rotatable bonds is 7. The fourth-order valence-corrected chi connectivity index (χ4v) is 5.05. The van der Waals surface area contributed by atoms with Crippen LogP contribution in [0.5, 0.6) is 0 Å². The minimum atomic E-state index is -4.29. The summed E-state index contributed by atoms with van der Waals surface area (Å²) in [6, 6.07) is 16.6. The number of aryl methyl sites for hydroxylation is 1. The molecule has 1 amide bonds. The number of amides is 1. The quantitative estimate of drug-likeness (QED) is 0.394. The predicted molar refractivity (Wildman–Crippen MR) is 134 cm³/mol. The molecule has 0 saturated carbocycles. The summed E-state index contributed by atoms with van der Waals surface area (Å²) in [7, 11) is -1.51. The second-order valence-corrected chi connectivity index (χ2v) is 9.96. The Morgan fingerprint density at radius 1 is 0.944 bits per heavy atom. The molecule has 0 fully saturated rings. The van der Waals surface area contributed by atoms with Crippen LogP contribution in [-0.2, 0) is 35.3 Å². The standard InChI is InChI=1S/C25H23FN4O5S/c1-29-22-12-11-19(15-20(22)24(32)30(2)25(29)33)36(34,35)28-21(13-16-7-4-3-5-8-16)23(31)27-18-10-6-9-17(26)14-18/h3-12,14-15,21,28H,13H2,1-2H3,(H,27,31)/t21-/m1/s1. The molecular formula is C25H23FN4O5S. The Bertz CT molecular complexity index is 1680. The summed E-state index contributed by atoms with van der Waals surface area (Å²) in [5.41, 5.74) is -0.0471. The zero-order chi connectivity index (χ0) is 26.0. The van der Waals surface area contributed by atoms with Crippen molar-refractivity contribution in [1.82, 2.24) is 13.9 Å². The second-order valence-electron chi connectivity index (χ2n) is 8.25. The van der Waals surface area contributed by atoms with E-state index in [1.807, 2.05) is 0 Å². The highest BCUT2D eigenvalue weighted by Crippen LogP contribution is 2.17. The largest absolute Gasteiger partial charge is 0.330 e. The smallest absolute Gasteiger partial charge is 0.325 e. The number of sulfonamides is 1. The molecule has 0 aliphatic heterocycles. The van der Waals surface area contributed by atoms with Gasteiger partial charge in [0.1, 0.15) is 11.9 Å².